The first-order valence-corrected chi connectivity index (χ1v) is 10.4. The van der Waals surface area contributed by atoms with Gasteiger partial charge < -0.3 is 21.1 Å². The van der Waals surface area contributed by atoms with E-state index in [2.05, 4.69) is 5.32 Å². The monoisotopic (exact) mass is 501 g/mol. The molecule has 7 nitrogen and oxygen atoms in total. The standard InChI is InChI=1S/C21H23F2N3O2.C2HF3O2/c1-12(2)18(24)21(28)26-11-14-7-4-3-6-13(14)10-17(26)20(27)25-19-15(22)8-5-9-16(19)23;3-2(4,5)1(6)7/h3-9,12,17-18H,10-11,24H2,1-2H3,(H,25,27);(H,6,7)/t17-,18-;/m0./s1. The van der Waals surface area contributed by atoms with E-state index < -0.39 is 47.5 Å². The van der Waals surface area contributed by atoms with Crippen molar-refractivity contribution in [3.8, 4) is 0 Å². The summed E-state index contributed by atoms with van der Waals surface area (Å²) in [5.74, 6) is -5.63. The van der Waals surface area contributed by atoms with Gasteiger partial charge in [-0.1, -0.05) is 44.2 Å². The smallest absolute Gasteiger partial charge is 0.475 e. The number of hydrogen-bond donors (Lipinski definition) is 3. The molecule has 0 bridgehead atoms. The molecule has 2 aromatic carbocycles. The highest BCUT2D eigenvalue weighted by Crippen LogP contribution is 2.26. The SMILES string of the molecule is CC(C)[C@H](N)C(=O)N1Cc2ccccc2C[C@H]1C(=O)Nc1c(F)cccc1F.O=C(O)C(F)(F)F. The Balaban J connectivity index is 0.000000540. The second-order valence-corrected chi connectivity index (χ2v) is 8.11. The van der Waals surface area contributed by atoms with Crippen molar-refractivity contribution in [2.75, 3.05) is 5.32 Å². The minimum Gasteiger partial charge on any atom is -0.475 e. The molecule has 0 saturated carbocycles. The number of carboxylic acid groups (broad SMARTS) is 1. The normalized spacial score (nSPS) is 16.0. The van der Waals surface area contributed by atoms with Gasteiger partial charge in [-0.2, -0.15) is 13.2 Å². The molecule has 0 unspecified atom stereocenters. The lowest BCUT2D eigenvalue weighted by molar-refractivity contribution is -0.192. The molecule has 12 heteroatoms. The largest absolute Gasteiger partial charge is 0.490 e. The zero-order valence-corrected chi connectivity index (χ0v) is 18.8. The van der Waals surface area contributed by atoms with E-state index in [1.807, 2.05) is 38.1 Å². The minimum absolute atomic E-state index is 0.114. The van der Waals surface area contributed by atoms with Crippen molar-refractivity contribution in [2.24, 2.45) is 11.7 Å². The molecule has 0 spiro atoms. The second-order valence-electron chi connectivity index (χ2n) is 8.11. The van der Waals surface area contributed by atoms with Crippen LogP contribution in [0.15, 0.2) is 42.5 Å². The van der Waals surface area contributed by atoms with E-state index in [1.54, 1.807) is 0 Å². The van der Waals surface area contributed by atoms with Crippen molar-refractivity contribution in [3.63, 3.8) is 0 Å². The van der Waals surface area contributed by atoms with Gasteiger partial charge in [0.2, 0.25) is 11.8 Å². The van der Waals surface area contributed by atoms with Crippen molar-refractivity contribution < 1.29 is 41.4 Å². The molecule has 2 amide bonds. The molecular formula is C23H24F5N3O4. The lowest BCUT2D eigenvalue weighted by Gasteiger charge is -2.38. The van der Waals surface area contributed by atoms with Crippen molar-refractivity contribution in [1.29, 1.82) is 0 Å². The Bertz CT molecular complexity index is 1070. The minimum atomic E-state index is -5.08. The lowest BCUT2D eigenvalue weighted by atomic mass is 9.91. The van der Waals surface area contributed by atoms with Crippen LogP contribution in [-0.4, -0.2) is 46.1 Å². The maximum Gasteiger partial charge on any atom is 0.490 e. The van der Waals surface area contributed by atoms with Gasteiger partial charge in [-0.3, -0.25) is 9.59 Å². The molecule has 1 heterocycles. The van der Waals surface area contributed by atoms with Gasteiger partial charge in [-0.05, 0) is 29.2 Å². The van der Waals surface area contributed by atoms with Gasteiger partial charge in [0, 0.05) is 13.0 Å². The summed E-state index contributed by atoms with van der Waals surface area (Å²) in [5.41, 5.74) is 7.35. The molecular weight excluding hydrogens is 477 g/mol. The summed E-state index contributed by atoms with van der Waals surface area (Å²) >= 11 is 0. The highest BCUT2D eigenvalue weighted by atomic mass is 19.4. The average Bonchev–Trinajstić information content (AvgIpc) is 2.79. The van der Waals surface area contributed by atoms with Crippen LogP contribution in [0.4, 0.5) is 27.6 Å². The van der Waals surface area contributed by atoms with Gasteiger partial charge in [0.05, 0.1) is 6.04 Å². The number of anilines is 1. The summed E-state index contributed by atoms with van der Waals surface area (Å²) in [7, 11) is 0. The summed E-state index contributed by atoms with van der Waals surface area (Å²) in [6.07, 6.45) is -4.84. The summed E-state index contributed by atoms with van der Waals surface area (Å²) in [5, 5.41) is 9.43. The zero-order valence-electron chi connectivity index (χ0n) is 18.8. The van der Waals surface area contributed by atoms with Crippen LogP contribution in [0.5, 0.6) is 0 Å². The lowest BCUT2D eigenvalue weighted by Crippen LogP contribution is -2.56. The molecule has 0 fully saturated rings. The number of amides is 2. The Kier molecular flexibility index (Phi) is 8.91. The van der Waals surface area contributed by atoms with Crippen LogP contribution < -0.4 is 11.1 Å². The number of nitrogens with two attached hydrogens (primary N) is 1. The molecule has 1 aliphatic heterocycles. The Morgan fingerprint density at radius 2 is 1.54 bits per heavy atom. The topological polar surface area (TPSA) is 113 Å². The first kappa shape index (κ1) is 27.7. The maximum atomic E-state index is 14.0. The third kappa shape index (κ3) is 6.98. The maximum absolute atomic E-state index is 14.0. The number of halogens is 5. The van der Waals surface area contributed by atoms with Crippen molar-refractivity contribution in [1.82, 2.24) is 4.90 Å². The fourth-order valence-corrected chi connectivity index (χ4v) is 3.29. The number of carbonyl (C=O) groups is 3. The van der Waals surface area contributed by atoms with Gasteiger partial charge in [0.1, 0.15) is 23.4 Å². The molecule has 35 heavy (non-hydrogen) atoms. The van der Waals surface area contributed by atoms with Gasteiger partial charge in [-0.25, -0.2) is 13.6 Å². The number of benzene rings is 2. The third-order valence-corrected chi connectivity index (χ3v) is 5.29. The summed E-state index contributed by atoms with van der Waals surface area (Å²) < 4.78 is 59.6. The Labute approximate surface area is 197 Å². The van der Waals surface area contributed by atoms with Crippen LogP contribution in [0.2, 0.25) is 0 Å². The molecule has 0 radical (unpaired) electrons. The molecule has 0 aromatic heterocycles. The molecule has 0 saturated heterocycles. The van der Waals surface area contributed by atoms with Crippen molar-refractivity contribution >= 4 is 23.5 Å². The number of hydrogen-bond acceptors (Lipinski definition) is 4. The van der Waals surface area contributed by atoms with Gasteiger partial charge in [0.15, 0.2) is 0 Å². The van der Waals surface area contributed by atoms with E-state index in [1.165, 1.54) is 11.0 Å². The fourth-order valence-electron chi connectivity index (χ4n) is 3.29. The number of nitrogens with zero attached hydrogens (tertiary/aromatic N) is 1. The van der Waals surface area contributed by atoms with E-state index in [9.17, 15) is 31.5 Å². The predicted molar refractivity (Wildman–Crippen MR) is 116 cm³/mol. The molecule has 4 N–H and O–H groups in total. The first-order valence-electron chi connectivity index (χ1n) is 10.4. The van der Waals surface area contributed by atoms with E-state index in [4.69, 9.17) is 15.6 Å². The van der Waals surface area contributed by atoms with Crippen LogP contribution in [0.1, 0.15) is 25.0 Å². The molecule has 2 atom stereocenters. The van der Waals surface area contributed by atoms with Gasteiger partial charge >= 0.3 is 12.1 Å². The summed E-state index contributed by atoms with van der Waals surface area (Å²) in [6, 6.07) is 9.13. The van der Waals surface area contributed by atoms with Crippen molar-refractivity contribution in [3.05, 3.63) is 65.2 Å². The van der Waals surface area contributed by atoms with E-state index in [0.717, 1.165) is 23.3 Å². The highest BCUT2D eigenvalue weighted by molar-refractivity contribution is 5.98. The first-order chi connectivity index (χ1) is 16.2. The van der Waals surface area contributed by atoms with Crippen LogP contribution >= 0.6 is 0 Å². The van der Waals surface area contributed by atoms with Gasteiger partial charge in [0.25, 0.3) is 0 Å². The number of para-hydroxylation sites is 1. The third-order valence-electron chi connectivity index (χ3n) is 5.29. The molecule has 1 aliphatic rings. The fraction of sp³-hybridized carbons (Fsp3) is 0.348. The number of carboxylic acids is 1. The molecule has 3 rings (SSSR count). The number of nitrogens with one attached hydrogen (secondary N) is 1. The molecule has 0 aliphatic carbocycles. The highest BCUT2D eigenvalue weighted by Gasteiger charge is 2.38. The number of alkyl halides is 3. The quantitative estimate of drug-likeness (QED) is 0.556. The van der Waals surface area contributed by atoms with Crippen LogP contribution in [0.25, 0.3) is 0 Å². The van der Waals surface area contributed by atoms with Crippen LogP contribution in [-0.2, 0) is 27.3 Å². The molecule has 190 valence electrons. The molecule has 2 aromatic rings. The van der Waals surface area contributed by atoms with E-state index in [-0.39, 0.29) is 24.8 Å². The number of rotatable bonds is 4. The van der Waals surface area contributed by atoms with E-state index in [0.29, 0.717) is 0 Å². The van der Waals surface area contributed by atoms with Crippen molar-refractivity contribution in [2.45, 2.75) is 45.1 Å². The number of carbonyl (C=O) groups excluding carboxylic acids is 2. The number of aliphatic carboxylic acids is 1. The van der Waals surface area contributed by atoms with Gasteiger partial charge in [-0.15, -0.1) is 0 Å². The van der Waals surface area contributed by atoms with E-state index >= 15 is 0 Å². The Morgan fingerprint density at radius 1 is 1.03 bits per heavy atom. The predicted octanol–water partition coefficient (Wildman–Crippen LogP) is 3.47. The zero-order chi connectivity index (χ0) is 26.5. The second kappa shape index (κ2) is 11.3. The van der Waals surface area contributed by atoms with Crippen LogP contribution in [0, 0.1) is 17.6 Å². The summed E-state index contributed by atoms with van der Waals surface area (Å²) in [6.45, 7) is 3.86. The van der Waals surface area contributed by atoms with Crippen LogP contribution in [0.3, 0.4) is 0 Å². The average molecular weight is 501 g/mol. The summed E-state index contributed by atoms with van der Waals surface area (Å²) in [4.78, 5) is 36.1. The Hall–Kier alpha value is -3.54. The number of fused-ring (bicyclic) bond motifs is 1. The Morgan fingerprint density at radius 3 is 2.03 bits per heavy atom.